The largest absolute Gasteiger partial charge is 0.348 e. The molecular weight excluding hydrogens is 284 g/mol. The molecule has 3 nitrogen and oxygen atoms in total. The van der Waals surface area contributed by atoms with Crippen LogP contribution < -0.4 is 5.32 Å². The lowest BCUT2D eigenvalue weighted by Crippen LogP contribution is -2.60. The van der Waals surface area contributed by atoms with Crippen molar-refractivity contribution in [3.63, 3.8) is 0 Å². The summed E-state index contributed by atoms with van der Waals surface area (Å²) in [6.45, 7) is 6.88. The van der Waals surface area contributed by atoms with Crippen LogP contribution in [0.1, 0.15) is 71.0 Å². The molecule has 124 valence electrons. The third-order valence-corrected chi connectivity index (χ3v) is 6.59. The van der Waals surface area contributed by atoms with E-state index in [1.54, 1.807) is 6.20 Å². The normalized spacial score (nSPS) is 42.5. The van der Waals surface area contributed by atoms with E-state index in [1.807, 2.05) is 25.1 Å². The van der Waals surface area contributed by atoms with E-state index in [9.17, 15) is 4.79 Å². The lowest BCUT2D eigenvalue weighted by molar-refractivity contribution is -0.170. The van der Waals surface area contributed by atoms with Crippen LogP contribution in [0, 0.1) is 22.2 Å². The highest BCUT2D eigenvalue weighted by atomic mass is 16.2. The van der Waals surface area contributed by atoms with Gasteiger partial charge in [-0.2, -0.15) is 0 Å². The number of pyridine rings is 1. The van der Waals surface area contributed by atoms with Gasteiger partial charge in [0.1, 0.15) is 0 Å². The molecule has 4 aliphatic carbocycles. The number of rotatable bonds is 3. The molecule has 1 heterocycles. The fourth-order valence-electron chi connectivity index (χ4n) is 6.76. The first-order chi connectivity index (χ1) is 10.8. The molecule has 23 heavy (non-hydrogen) atoms. The topological polar surface area (TPSA) is 42.0 Å². The van der Waals surface area contributed by atoms with E-state index < -0.39 is 0 Å². The smallest absolute Gasteiger partial charge is 0.226 e. The number of amides is 1. The van der Waals surface area contributed by atoms with Gasteiger partial charge in [0.05, 0.1) is 17.2 Å². The molecule has 0 radical (unpaired) electrons. The molecule has 0 spiro atoms. The Labute approximate surface area is 139 Å². The molecule has 4 saturated carbocycles. The summed E-state index contributed by atoms with van der Waals surface area (Å²) in [6, 6.07) is 5.88. The molecule has 4 bridgehead atoms. The standard InChI is InChI=1S/C20H28N2O/c1-14(16-6-4-5-7-21-16)22-17(23)20-10-15-8-18(2,12-20)11-19(3,9-15)13-20/h4-7,14-15H,8-13H2,1-3H3,(H,22,23). The zero-order chi connectivity index (χ0) is 16.3. The number of nitrogens with zero attached hydrogens (tertiary/aromatic N) is 1. The van der Waals surface area contributed by atoms with E-state index in [-0.39, 0.29) is 17.4 Å². The number of hydrogen-bond donors (Lipinski definition) is 1. The lowest BCUT2D eigenvalue weighted by Gasteiger charge is -2.64. The summed E-state index contributed by atoms with van der Waals surface area (Å²) in [6.07, 6.45) is 9.01. The molecule has 0 saturated heterocycles. The van der Waals surface area contributed by atoms with Crippen molar-refractivity contribution in [1.82, 2.24) is 10.3 Å². The van der Waals surface area contributed by atoms with Crippen molar-refractivity contribution in [1.29, 1.82) is 0 Å². The molecule has 3 unspecified atom stereocenters. The second kappa shape index (κ2) is 4.81. The van der Waals surface area contributed by atoms with Gasteiger partial charge in [0, 0.05) is 6.20 Å². The van der Waals surface area contributed by atoms with E-state index in [1.165, 1.54) is 19.3 Å². The first-order valence-electron chi connectivity index (χ1n) is 9.04. The third-order valence-electron chi connectivity index (χ3n) is 6.59. The van der Waals surface area contributed by atoms with Crippen LogP contribution in [-0.2, 0) is 4.79 Å². The van der Waals surface area contributed by atoms with Crippen LogP contribution in [-0.4, -0.2) is 10.9 Å². The summed E-state index contributed by atoms with van der Waals surface area (Å²) in [5.74, 6) is 1.02. The fourth-order valence-corrected chi connectivity index (χ4v) is 6.76. The molecule has 1 aromatic rings. The maximum absolute atomic E-state index is 13.2. The summed E-state index contributed by atoms with van der Waals surface area (Å²) in [5, 5.41) is 3.29. The Bertz CT molecular complexity index is 608. The van der Waals surface area contributed by atoms with Crippen LogP contribution in [0.3, 0.4) is 0 Å². The number of aromatic nitrogens is 1. The highest BCUT2D eigenvalue weighted by Crippen LogP contribution is 2.69. The van der Waals surface area contributed by atoms with Gasteiger partial charge in [0.25, 0.3) is 0 Å². The molecule has 0 aliphatic heterocycles. The number of carbonyl (C=O) groups is 1. The Morgan fingerprint density at radius 1 is 1.17 bits per heavy atom. The van der Waals surface area contributed by atoms with Crippen LogP contribution in [0.15, 0.2) is 24.4 Å². The average Bonchev–Trinajstić information content (AvgIpc) is 2.44. The first kappa shape index (κ1) is 15.2. The zero-order valence-corrected chi connectivity index (χ0v) is 14.6. The summed E-state index contributed by atoms with van der Waals surface area (Å²) in [7, 11) is 0. The minimum absolute atomic E-state index is 0.0164. The molecule has 1 N–H and O–H groups in total. The van der Waals surface area contributed by atoms with Gasteiger partial charge in [-0.25, -0.2) is 0 Å². The minimum Gasteiger partial charge on any atom is -0.348 e. The van der Waals surface area contributed by atoms with Crippen molar-refractivity contribution >= 4 is 5.91 Å². The van der Waals surface area contributed by atoms with Crippen LogP contribution in [0.25, 0.3) is 0 Å². The first-order valence-corrected chi connectivity index (χ1v) is 9.04. The predicted octanol–water partition coefficient (Wildman–Crippen LogP) is 4.26. The summed E-state index contributed by atoms with van der Waals surface area (Å²) in [5.41, 5.74) is 1.56. The highest BCUT2D eigenvalue weighted by Gasteiger charge is 2.62. The highest BCUT2D eigenvalue weighted by molar-refractivity contribution is 5.83. The van der Waals surface area contributed by atoms with Crippen molar-refractivity contribution in [3.05, 3.63) is 30.1 Å². The van der Waals surface area contributed by atoms with Gasteiger partial charge < -0.3 is 5.32 Å². The molecule has 5 rings (SSSR count). The molecular formula is C20H28N2O. The maximum Gasteiger partial charge on any atom is 0.226 e. The van der Waals surface area contributed by atoms with Crippen LogP contribution in [0.5, 0.6) is 0 Å². The fraction of sp³-hybridized carbons (Fsp3) is 0.700. The molecule has 1 aromatic heterocycles. The van der Waals surface area contributed by atoms with Crippen LogP contribution in [0.4, 0.5) is 0 Å². The number of hydrogen-bond acceptors (Lipinski definition) is 2. The Morgan fingerprint density at radius 2 is 1.87 bits per heavy atom. The quantitative estimate of drug-likeness (QED) is 0.906. The Kier molecular flexibility index (Phi) is 3.17. The van der Waals surface area contributed by atoms with Gasteiger partial charge in [-0.3, -0.25) is 9.78 Å². The van der Waals surface area contributed by atoms with Crippen molar-refractivity contribution in [2.24, 2.45) is 22.2 Å². The van der Waals surface area contributed by atoms with E-state index in [0.717, 1.165) is 30.9 Å². The van der Waals surface area contributed by atoms with E-state index in [2.05, 4.69) is 24.1 Å². The second-order valence-electron chi connectivity index (χ2n) is 9.36. The van der Waals surface area contributed by atoms with Crippen molar-refractivity contribution in [2.75, 3.05) is 0 Å². The molecule has 0 aromatic carbocycles. The van der Waals surface area contributed by atoms with Crippen molar-refractivity contribution in [3.8, 4) is 0 Å². The van der Waals surface area contributed by atoms with E-state index in [0.29, 0.717) is 10.8 Å². The van der Waals surface area contributed by atoms with Crippen molar-refractivity contribution in [2.45, 2.75) is 65.3 Å². The summed E-state index contributed by atoms with van der Waals surface area (Å²) in [4.78, 5) is 17.6. The van der Waals surface area contributed by atoms with Gasteiger partial charge >= 0.3 is 0 Å². The molecule has 4 aliphatic rings. The zero-order valence-electron chi connectivity index (χ0n) is 14.6. The SMILES string of the molecule is CC(NC(=O)C12CC3CC(C)(CC(C)(C3)C1)C2)c1ccccn1. The Hall–Kier alpha value is -1.38. The van der Waals surface area contributed by atoms with Gasteiger partial charge in [-0.15, -0.1) is 0 Å². The van der Waals surface area contributed by atoms with Crippen LogP contribution in [0.2, 0.25) is 0 Å². The summed E-state index contributed by atoms with van der Waals surface area (Å²) < 4.78 is 0. The molecule has 1 amide bonds. The van der Waals surface area contributed by atoms with Gasteiger partial charge in [-0.05, 0) is 74.3 Å². The van der Waals surface area contributed by atoms with Crippen molar-refractivity contribution < 1.29 is 4.79 Å². The van der Waals surface area contributed by atoms with Gasteiger partial charge in [0.15, 0.2) is 0 Å². The third kappa shape index (κ3) is 2.49. The molecule has 4 fully saturated rings. The van der Waals surface area contributed by atoms with Gasteiger partial charge in [-0.1, -0.05) is 19.9 Å². The number of nitrogens with one attached hydrogen (secondary N) is 1. The predicted molar refractivity (Wildman–Crippen MR) is 90.6 cm³/mol. The Morgan fingerprint density at radius 3 is 2.43 bits per heavy atom. The maximum atomic E-state index is 13.2. The van der Waals surface area contributed by atoms with E-state index >= 15 is 0 Å². The molecule has 3 heteroatoms. The van der Waals surface area contributed by atoms with Gasteiger partial charge in [0.2, 0.25) is 5.91 Å². The minimum atomic E-state index is -0.133. The van der Waals surface area contributed by atoms with Crippen LogP contribution >= 0.6 is 0 Å². The summed E-state index contributed by atoms with van der Waals surface area (Å²) >= 11 is 0. The van der Waals surface area contributed by atoms with E-state index in [4.69, 9.17) is 0 Å². The molecule has 3 atom stereocenters. The number of carbonyl (C=O) groups excluding carboxylic acids is 1. The average molecular weight is 312 g/mol. The monoisotopic (exact) mass is 312 g/mol. The second-order valence-corrected chi connectivity index (χ2v) is 9.36. The lowest BCUT2D eigenvalue weighted by atomic mass is 9.40. The Balaban J connectivity index is 1.56.